The molecule has 0 fully saturated rings. The molecular formula is C15H17BrN4O. The van der Waals surface area contributed by atoms with Gasteiger partial charge in [-0.05, 0) is 35.8 Å². The van der Waals surface area contributed by atoms with E-state index >= 15 is 0 Å². The molecule has 1 aromatic carbocycles. The maximum atomic E-state index is 5.83. The third-order valence-electron chi connectivity index (χ3n) is 3.54. The van der Waals surface area contributed by atoms with Crippen molar-refractivity contribution < 1.29 is 4.42 Å². The smallest absolute Gasteiger partial charge is 0.134 e. The molecule has 21 heavy (non-hydrogen) atoms. The molecule has 3 N–H and O–H groups in total. The monoisotopic (exact) mass is 348 g/mol. The quantitative estimate of drug-likeness (QED) is 0.559. The second-order valence-corrected chi connectivity index (χ2v) is 6.06. The summed E-state index contributed by atoms with van der Waals surface area (Å²) >= 11 is 3.57. The van der Waals surface area contributed by atoms with Crippen LogP contribution in [-0.2, 0) is 0 Å². The average Bonchev–Trinajstić information content (AvgIpc) is 3.06. The number of rotatable bonds is 4. The van der Waals surface area contributed by atoms with Crippen molar-refractivity contribution >= 4 is 26.9 Å². The van der Waals surface area contributed by atoms with E-state index in [1.165, 1.54) is 0 Å². The minimum absolute atomic E-state index is 0.201. The van der Waals surface area contributed by atoms with Crippen molar-refractivity contribution in [1.82, 2.24) is 15.2 Å². The van der Waals surface area contributed by atoms with Crippen molar-refractivity contribution in [3.63, 3.8) is 0 Å². The number of furan rings is 1. The van der Waals surface area contributed by atoms with E-state index in [4.69, 9.17) is 10.3 Å². The summed E-state index contributed by atoms with van der Waals surface area (Å²) in [5.41, 5.74) is 5.71. The fourth-order valence-corrected chi connectivity index (χ4v) is 3.07. The Labute approximate surface area is 131 Å². The highest BCUT2D eigenvalue weighted by atomic mass is 79.9. The third kappa shape index (κ3) is 2.39. The van der Waals surface area contributed by atoms with Gasteiger partial charge in [0.15, 0.2) is 0 Å². The number of para-hydroxylation sites is 1. The normalized spacial score (nSPS) is 13.2. The van der Waals surface area contributed by atoms with Gasteiger partial charge in [0.2, 0.25) is 0 Å². The number of hydrogen-bond acceptors (Lipinski definition) is 4. The second-order valence-electron chi connectivity index (χ2n) is 5.20. The molecule has 0 aliphatic heterocycles. The van der Waals surface area contributed by atoms with Crippen molar-refractivity contribution in [1.29, 1.82) is 0 Å². The van der Waals surface area contributed by atoms with Crippen molar-refractivity contribution in [3.8, 4) is 0 Å². The van der Waals surface area contributed by atoms with Gasteiger partial charge in [-0.3, -0.25) is 10.5 Å². The maximum absolute atomic E-state index is 5.83. The lowest BCUT2D eigenvalue weighted by Crippen LogP contribution is -2.31. The number of nitrogens with two attached hydrogens (primary N) is 1. The molecule has 3 rings (SSSR count). The summed E-state index contributed by atoms with van der Waals surface area (Å²) in [5.74, 6) is 5.83. The largest absolute Gasteiger partial charge is 0.464 e. The van der Waals surface area contributed by atoms with Crippen LogP contribution in [0.2, 0.25) is 0 Å². The van der Waals surface area contributed by atoms with Crippen LogP contribution >= 0.6 is 15.9 Å². The SMILES string of the molecule is CC(C)n1ncc(Br)c1C(NN)c1coc2ccccc12. The molecule has 0 aliphatic rings. The number of nitrogens with zero attached hydrogens (tertiary/aromatic N) is 2. The first-order chi connectivity index (χ1) is 10.1. The van der Waals surface area contributed by atoms with Gasteiger partial charge in [0.25, 0.3) is 0 Å². The summed E-state index contributed by atoms with van der Waals surface area (Å²) in [7, 11) is 0. The Kier molecular flexibility index (Phi) is 3.84. The Balaban J connectivity index is 2.17. The molecule has 6 heteroatoms. The predicted molar refractivity (Wildman–Crippen MR) is 85.7 cm³/mol. The molecule has 0 amide bonds. The number of halogens is 1. The van der Waals surface area contributed by atoms with Crippen molar-refractivity contribution in [2.24, 2.45) is 5.84 Å². The summed E-state index contributed by atoms with van der Waals surface area (Å²) < 4.78 is 8.51. The van der Waals surface area contributed by atoms with Crippen LogP contribution in [0.5, 0.6) is 0 Å². The van der Waals surface area contributed by atoms with Crippen molar-refractivity contribution in [2.75, 3.05) is 0 Å². The van der Waals surface area contributed by atoms with Crippen LogP contribution in [0.25, 0.3) is 11.0 Å². The Bertz CT molecular complexity index is 762. The molecule has 0 radical (unpaired) electrons. The molecule has 0 bridgehead atoms. The van der Waals surface area contributed by atoms with Crippen molar-refractivity contribution in [3.05, 3.63) is 52.5 Å². The molecular weight excluding hydrogens is 332 g/mol. The van der Waals surface area contributed by atoms with Gasteiger partial charge < -0.3 is 4.42 Å². The van der Waals surface area contributed by atoms with Crippen molar-refractivity contribution in [2.45, 2.75) is 25.9 Å². The summed E-state index contributed by atoms with van der Waals surface area (Å²) in [6, 6.07) is 7.95. The molecule has 0 aliphatic carbocycles. The molecule has 5 nitrogen and oxygen atoms in total. The third-order valence-corrected chi connectivity index (χ3v) is 4.15. The van der Waals surface area contributed by atoms with E-state index in [0.717, 1.165) is 26.7 Å². The van der Waals surface area contributed by atoms with Gasteiger partial charge in [-0.25, -0.2) is 5.43 Å². The highest BCUT2D eigenvalue weighted by molar-refractivity contribution is 9.10. The number of fused-ring (bicyclic) bond motifs is 1. The Morgan fingerprint density at radius 3 is 2.81 bits per heavy atom. The molecule has 1 atom stereocenters. The molecule has 0 saturated heterocycles. The van der Waals surface area contributed by atoms with Crippen LogP contribution < -0.4 is 11.3 Å². The predicted octanol–water partition coefficient (Wildman–Crippen LogP) is 3.53. The van der Waals surface area contributed by atoms with E-state index < -0.39 is 0 Å². The lowest BCUT2D eigenvalue weighted by molar-refractivity contribution is 0.473. The standard InChI is InChI=1S/C15H17BrN4O/c1-9(2)20-15(12(16)7-18-20)14(19-17)11-8-21-13-6-4-3-5-10(11)13/h3-9,14,19H,17H2,1-2H3. The lowest BCUT2D eigenvalue weighted by Gasteiger charge is -2.19. The fraction of sp³-hybridized carbons (Fsp3) is 0.267. The van der Waals surface area contributed by atoms with Gasteiger partial charge >= 0.3 is 0 Å². The van der Waals surface area contributed by atoms with E-state index in [1.807, 2.05) is 28.9 Å². The molecule has 0 spiro atoms. The van der Waals surface area contributed by atoms with Crippen LogP contribution in [0.4, 0.5) is 0 Å². The summed E-state index contributed by atoms with van der Waals surface area (Å²) in [6.45, 7) is 4.17. The molecule has 2 heterocycles. The highest BCUT2D eigenvalue weighted by Crippen LogP contribution is 2.34. The van der Waals surface area contributed by atoms with E-state index in [-0.39, 0.29) is 12.1 Å². The van der Waals surface area contributed by atoms with Crippen LogP contribution in [0.15, 0.2) is 45.6 Å². The number of aromatic nitrogens is 2. The van der Waals surface area contributed by atoms with Gasteiger partial charge in [-0.15, -0.1) is 0 Å². The lowest BCUT2D eigenvalue weighted by atomic mass is 10.0. The number of hydrogen-bond donors (Lipinski definition) is 2. The zero-order chi connectivity index (χ0) is 15.0. The summed E-state index contributed by atoms with van der Waals surface area (Å²) in [5, 5.41) is 5.46. The highest BCUT2D eigenvalue weighted by Gasteiger charge is 2.25. The molecule has 2 aromatic heterocycles. The maximum Gasteiger partial charge on any atom is 0.134 e. The first-order valence-electron chi connectivity index (χ1n) is 6.78. The number of benzene rings is 1. The van der Waals surface area contributed by atoms with E-state index in [9.17, 15) is 0 Å². The minimum Gasteiger partial charge on any atom is -0.464 e. The minimum atomic E-state index is -0.201. The summed E-state index contributed by atoms with van der Waals surface area (Å²) in [6.07, 6.45) is 3.54. The summed E-state index contributed by atoms with van der Waals surface area (Å²) in [4.78, 5) is 0. The van der Waals surface area contributed by atoms with Crippen LogP contribution in [0, 0.1) is 0 Å². The van der Waals surface area contributed by atoms with Crippen LogP contribution in [0.3, 0.4) is 0 Å². The Morgan fingerprint density at radius 1 is 1.33 bits per heavy atom. The number of nitrogens with one attached hydrogen (secondary N) is 1. The van der Waals surface area contributed by atoms with Gasteiger partial charge in [0.1, 0.15) is 5.58 Å². The number of hydrazine groups is 1. The zero-order valence-electron chi connectivity index (χ0n) is 11.9. The zero-order valence-corrected chi connectivity index (χ0v) is 13.5. The van der Waals surface area contributed by atoms with E-state index in [0.29, 0.717) is 0 Å². The molecule has 0 saturated carbocycles. The second kappa shape index (κ2) is 5.63. The van der Waals surface area contributed by atoms with Gasteiger partial charge in [0.05, 0.1) is 28.7 Å². The first kappa shape index (κ1) is 14.3. The fourth-order valence-electron chi connectivity index (χ4n) is 2.57. The van der Waals surface area contributed by atoms with Gasteiger partial charge in [-0.2, -0.15) is 5.10 Å². The Morgan fingerprint density at radius 2 is 2.10 bits per heavy atom. The van der Waals surface area contributed by atoms with Crippen LogP contribution in [0.1, 0.15) is 37.2 Å². The average molecular weight is 349 g/mol. The molecule has 3 aromatic rings. The molecule has 110 valence electrons. The van der Waals surface area contributed by atoms with Gasteiger partial charge in [0, 0.05) is 17.0 Å². The van der Waals surface area contributed by atoms with Gasteiger partial charge in [-0.1, -0.05) is 18.2 Å². The topological polar surface area (TPSA) is 69.0 Å². The van der Waals surface area contributed by atoms with E-state index in [1.54, 1.807) is 12.5 Å². The Hall–Kier alpha value is -1.63. The van der Waals surface area contributed by atoms with Crippen LogP contribution in [-0.4, -0.2) is 9.78 Å². The first-order valence-corrected chi connectivity index (χ1v) is 7.58. The van der Waals surface area contributed by atoms with E-state index in [2.05, 4.69) is 40.3 Å². The molecule has 1 unspecified atom stereocenters.